The van der Waals surface area contributed by atoms with Gasteiger partial charge in [0.1, 0.15) is 0 Å². The fourth-order valence-corrected chi connectivity index (χ4v) is 2.43. The molecule has 1 heterocycles. The van der Waals surface area contributed by atoms with E-state index in [1.165, 1.54) is 4.57 Å². The van der Waals surface area contributed by atoms with Crippen LogP contribution in [0.25, 0.3) is 0 Å². The topological polar surface area (TPSA) is 75.1 Å². The number of aryl methyl sites for hydroxylation is 1. The van der Waals surface area contributed by atoms with Crippen LogP contribution in [0.1, 0.15) is 43.7 Å². The van der Waals surface area contributed by atoms with Gasteiger partial charge < -0.3 is 5.11 Å². The molecule has 0 amide bonds. The van der Waals surface area contributed by atoms with Crippen LogP contribution in [0.4, 0.5) is 0 Å². The fourth-order valence-electron chi connectivity index (χ4n) is 2.43. The van der Waals surface area contributed by atoms with Crippen LogP contribution in [-0.2, 0) is 0 Å². The Kier molecular flexibility index (Phi) is 3.47. The number of rotatable bonds is 1. The number of H-pyrrole nitrogens is 1. The Balaban J connectivity index is 2.41. The lowest BCUT2D eigenvalue weighted by Crippen LogP contribution is -2.37. The molecular weight excluding hydrogens is 220 g/mol. The lowest BCUT2D eigenvalue weighted by Gasteiger charge is -2.22. The molecule has 1 aromatic rings. The van der Waals surface area contributed by atoms with Gasteiger partial charge in [0.2, 0.25) is 0 Å². The van der Waals surface area contributed by atoms with Crippen molar-refractivity contribution in [2.75, 3.05) is 0 Å². The number of nitrogens with one attached hydrogen (secondary N) is 1. The van der Waals surface area contributed by atoms with E-state index < -0.39 is 11.8 Å². The first kappa shape index (κ1) is 12.1. The third-order valence-electron chi connectivity index (χ3n) is 3.45. The molecule has 94 valence electrons. The zero-order valence-electron chi connectivity index (χ0n) is 9.98. The molecule has 5 nitrogen and oxygen atoms in total. The maximum absolute atomic E-state index is 11.7. The number of aliphatic hydroxyl groups excluding tert-OH is 1. The first-order chi connectivity index (χ1) is 8.09. The molecule has 0 aliphatic heterocycles. The van der Waals surface area contributed by atoms with Crippen molar-refractivity contribution in [3.05, 3.63) is 32.6 Å². The van der Waals surface area contributed by atoms with Gasteiger partial charge in [0.25, 0.3) is 5.56 Å². The summed E-state index contributed by atoms with van der Waals surface area (Å²) in [6, 6.07) is -0.208. The van der Waals surface area contributed by atoms with Crippen molar-refractivity contribution < 1.29 is 5.11 Å². The van der Waals surface area contributed by atoms with Gasteiger partial charge in [-0.25, -0.2) is 4.79 Å². The first-order valence-electron chi connectivity index (χ1n) is 6.09. The van der Waals surface area contributed by atoms with Gasteiger partial charge >= 0.3 is 5.69 Å². The second-order valence-electron chi connectivity index (χ2n) is 4.75. The highest BCUT2D eigenvalue weighted by Crippen LogP contribution is 2.26. The number of aliphatic hydroxyl groups is 1. The van der Waals surface area contributed by atoms with E-state index in [2.05, 4.69) is 4.98 Å². The molecule has 2 N–H and O–H groups in total. The molecule has 1 fully saturated rings. The number of nitrogens with zero attached hydrogens (tertiary/aromatic N) is 1. The predicted octanol–water partition coefficient (Wildman–Crippen LogP) is 0.711. The molecule has 5 heteroatoms. The maximum Gasteiger partial charge on any atom is 0.328 e. The molecule has 2 atom stereocenters. The summed E-state index contributed by atoms with van der Waals surface area (Å²) >= 11 is 0. The number of hydrogen-bond donors (Lipinski definition) is 2. The van der Waals surface area contributed by atoms with Gasteiger partial charge in [-0.15, -0.1) is 0 Å². The highest BCUT2D eigenvalue weighted by molar-refractivity contribution is 5.02. The smallest absolute Gasteiger partial charge is 0.328 e. The molecule has 0 spiro atoms. The standard InChI is InChI=1S/C12H18N2O3/c1-8-7-14(12(17)13-11(8)16)9-5-3-2-4-6-10(9)15/h7,9-10,15H,2-6H2,1H3,(H,13,16,17)/t9-,10-/m1/s1. The second-order valence-corrected chi connectivity index (χ2v) is 4.75. The van der Waals surface area contributed by atoms with E-state index in [0.29, 0.717) is 5.56 Å². The van der Waals surface area contributed by atoms with Crippen LogP contribution in [0.2, 0.25) is 0 Å². The summed E-state index contributed by atoms with van der Waals surface area (Å²) in [5.41, 5.74) is -0.276. The van der Waals surface area contributed by atoms with E-state index in [1.807, 2.05) is 0 Å². The summed E-state index contributed by atoms with van der Waals surface area (Å²) in [5.74, 6) is 0. The second kappa shape index (κ2) is 4.87. The van der Waals surface area contributed by atoms with Crippen molar-refractivity contribution in [3.63, 3.8) is 0 Å². The van der Waals surface area contributed by atoms with Gasteiger partial charge in [0.15, 0.2) is 0 Å². The van der Waals surface area contributed by atoms with Crippen molar-refractivity contribution in [2.24, 2.45) is 0 Å². The SMILES string of the molecule is Cc1cn([C@@H]2CCCCC[C@H]2O)c(=O)[nH]c1=O. The summed E-state index contributed by atoms with van der Waals surface area (Å²) in [7, 11) is 0. The molecule has 17 heavy (non-hydrogen) atoms. The van der Waals surface area contributed by atoms with Gasteiger partial charge in [-0.05, 0) is 19.8 Å². The van der Waals surface area contributed by atoms with Crippen molar-refractivity contribution in [2.45, 2.75) is 51.2 Å². The van der Waals surface area contributed by atoms with E-state index in [0.717, 1.165) is 32.1 Å². The average molecular weight is 238 g/mol. The minimum Gasteiger partial charge on any atom is -0.391 e. The van der Waals surface area contributed by atoms with Crippen molar-refractivity contribution >= 4 is 0 Å². The third kappa shape index (κ3) is 2.49. The average Bonchev–Trinajstić information content (AvgIpc) is 2.49. The van der Waals surface area contributed by atoms with Gasteiger partial charge in [-0.2, -0.15) is 0 Å². The molecule has 1 aliphatic rings. The van der Waals surface area contributed by atoms with Crippen LogP contribution in [0, 0.1) is 6.92 Å². The molecule has 1 saturated carbocycles. The largest absolute Gasteiger partial charge is 0.391 e. The molecule has 0 unspecified atom stereocenters. The molecule has 1 aromatic heterocycles. The van der Waals surface area contributed by atoms with Crippen LogP contribution in [0.3, 0.4) is 0 Å². The van der Waals surface area contributed by atoms with Crippen molar-refractivity contribution in [1.82, 2.24) is 9.55 Å². The van der Waals surface area contributed by atoms with Gasteiger partial charge in [-0.3, -0.25) is 14.3 Å². The van der Waals surface area contributed by atoms with E-state index in [9.17, 15) is 14.7 Å². The Morgan fingerprint density at radius 2 is 2.00 bits per heavy atom. The van der Waals surface area contributed by atoms with Crippen LogP contribution < -0.4 is 11.2 Å². The van der Waals surface area contributed by atoms with Crippen molar-refractivity contribution in [3.8, 4) is 0 Å². The van der Waals surface area contributed by atoms with E-state index >= 15 is 0 Å². The summed E-state index contributed by atoms with van der Waals surface area (Å²) < 4.78 is 1.48. The monoisotopic (exact) mass is 238 g/mol. The molecule has 2 rings (SSSR count). The Bertz CT molecular complexity index is 503. The normalized spacial score (nSPS) is 25.5. The van der Waals surface area contributed by atoms with Crippen LogP contribution in [0.15, 0.2) is 15.8 Å². The summed E-state index contributed by atoms with van der Waals surface area (Å²) in [4.78, 5) is 25.3. The zero-order valence-corrected chi connectivity index (χ0v) is 9.98. The summed E-state index contributed by atoms with van der Waals surface area (Å²) in [6.07, 6.45) is 5.65. The molecule has 0 radical (unpaired) electrons. The van der Waals surface area contributed by atoms with Gasteiger partial charge in [0.05, 0.1) is 12.1 Å². The quantitative estimate of drug-likeness (QED) is 0.708. The Hall–Kier alpha value is -1.36. The van der Waals surface area contributed by atoms with E-state index in [1.54, 1.807) is 13.1 Å². The predicted molar refractivity (Wildman–Crippen MR) is 64.2 cm³/mol. The summed E-state index contributed by atoms with van der Waals surface area (Å²) in [6.45, 7) is 1.66. The minimum absolute atomic E-state index is 0.208. The van der Waals surface area contributed by atoms with E-state index in [4.69, 9.17) is 0 Å². The molecule has 0 saturated heterocycles. The lowest BCUT2D eigenvalue weighted by molar-refractivity contribution is 0.103. The van der Waals surface area contributed by atoms with Gasteiger partial charge in [0, 0.05) is 11.8 Å². The molecular formula is C12H18N2O3. The summed E-state index contributed by atoms with van der Waals surface area (Å²) in [5, 5.41) is 10.0. The third-order valence-corrected chi connectivity index (χ3v) is 3.45. The molecule has 1 aliphatic carbocycles. The highest BCUT2D eigenvalue weighted by Gasteiger charge is 2.24. The minimum atomic E-state index is -0.500. The number of aromatic nitrogens is 2. The fraction of sp³-hybridized carbons (Fsp3) is 0.667. The number of aromatic amines is 1. The lowest BCUT2D eigenvalue weighted by atomic mass is 10.1. The number of hydrogen-bond acceptors (Lipinski definition) is 3. The Morgan fingerprint density at radius 3 is 2.76 bits per heavy atom. The molecule has 0 bridgehead atoms. The van der Waals surface area contributed by atoms with Crippen LogP contribution >= 0.6 is 0 Å². The molecule has 0 aromatic carbocycles. The Morgan fingerprint density at radius 1 is 1.29 bits per heavy atom. The highest BCUT2D eigenvalue weighted by atomic mass is 16.3. The zero-order chi connectivity index (χ0) is 12.4. The van der Waals surface area contributed by atoms with E-state index in [-0.39, 0.29) is 11.6 Å². The first-order valence-corrected chi connectivity index (χ1v) is 6.09. The Labute approximate surface area is 99.1 Å². The van der Waals surface area contributed by atoms with Crippen LogP contribution in [0.5, 0.6) is 0 Å². The van der Waals surface area contributed by atoms with Crippen LogP contribution in [-0.4, -0.2) is 20.8 Å². The van der Waals surface area contributed by atoms with Crippen molar-refractivity contribution in [1.29, 1.82) is 0 Å². The maximum atomic E-state index is 11.7. The van der Waals surface area contributed by atoms with Gasteiger partial charge in [-0.1, -0.05) is 19.3 Å².